The third kappa shape index (κ3) is 2.35. The Morgan fingerprint density at radius 3 is 2.62 bits per heavy atom. The molecule has 0 bridgehead atoms. The number of phenols is 1. The number of phenolic OH excluding ortho intramolecular Hbond substituents is 1. The molecule has 0 aromatic heterocycles. The predicted octanol–water partition coefficient (Wildman–Crippen LogP) is 4.11. The van der Waals surface area contributed by atoms with E-state index in [-0.39, 0.29) is 5.75 Å². The van der Waals surface area contributed by atoms with Gasteiger partial charge in [-0.1, -0.05) is 18.2 Å². The van der Waals surface area contributed by atoms with Crippen LogP contribution in [0.1, 0.15) is 25.0 Å². The Morgan fingerprint density at radius 2 is 1.86 bits per heavy atom. The van der Waals surface area contributed by atoms with Crippen LogP contribution in [0.15, 0.2) is 42.5 Å². The van der Waals surface area contributed by atoms with Crippen LogP contribution < -0.4 is 9.47 Å². The first kappa shape index (κ1) is 13.6. The van der Waals surface area contributed by atoms with Gasteiger partial charge < -0.3 is 14.6 Å². The molecule has 0 aliphatic carbocycles. The van der Waals surface area contributed by atoms with E-state index < -0.39 is 5.60 Å². The van der Waals surface area contributed by atoms with Crippen molar-refractivity contribution in [3.63, 3.8) is 0 Å². The van der Waals surface area contributed by atoms with Gasteiger partial charge in [-0.2, -0.15) is 0 Å². The molecular weight excluding hydrogens is 264 g/mol. The van der Waals surface area contributed by atoms with Gasteiger partial charge in [-0.25, -0.2) is 0 Å². The molecule has 0 saturated heterocycles. The molecule has 0 radical (unpaired) electrons. The standard InChI is InChI=1S/C18H18O3/c1-18(2)15(14-6-4-5-7-16(14)20-3)10-12-8-9-13(19)11-17(12)21-18/h4-11,19H,1-3H3. The smallest absolute Gasteiger partial charge is 0.131 e. The molecule has 1 aliphatic heterocycles. The third-order valence-electron chi connectivity index (χ3n) is 3.71. The minimum absolute atomic E-state index is 0.207. The number of methoxy groups -OCH3 is 1. The lowest BCUT2D eigenvalue weighted by Crippen LogP contribution is -2.32. The molecule has 2 aromatic rings. The normalized spacial score (nSPS) is 15.7. The molecule has 3 rings (SSSR count). The highest BCUT2D eigenvalue weighted by molar-refractivity contribution is 5.91. The molecule has 0 spiro atoms. The molecule has 0 saturated carbocycles. The summed E-state index contributed by atoms with van der Waals surface area (Å²) in [4.78, 5) is 0. The number of para-hydroxylation sites is 1. The van der Waals surface area contributed by atoms with E-state index in [0.717, 1.165) is 22.4 Å². The first-order valence-electron chi connectivity index (χ1n) is 6.89. The number of benzene rings is 2. The average molecular weight is 282 g/mol. The van der Waals surface area contributed by atoms with E-state index in [4.69, 9.17) is 9.47 Å². The molecule has 1 aliphatic rings. The zero-order chi connectivity index (χ0) is 15.0. The quantitative estimate of drug-likeness (QED) is 0.900. The summed E-state index contributed by atoms with van der Waals surface area (Å²) in [7, 11) is 1.67. The van der Waals surface area contributed by atoms with E-state index in [1.54, 1.807) is 19.2 Å². The first-order valence-corrected chi connectivity index (χ1v) is 6.89. The van der Waals surface area contributed by atoms with Gasteiger partial charge >= 0.3 is 0 Å². The van der Waals surface area contributed by atoms with Crippen LogP contribution in [0.3, 0.4) is 0 Å². The fourth-order valence-corrected chi connectivity index (χ4v) is 2.66. The average Bonchev–Trinajstić information content (AvgIpc) is 2.45. The van der Waals surface area contributed by atoms with Crippen molar-refractivity contribution in [2.75, 3.05) is 7.11 Å². The van der Waals surface area contributed by atoms with Crippen molar-refractivity contribution in [3.8, 4) is 17.2 Å². The molecule has 2 aromatic carbocycles. The maximum absolute atomic E-state index is 9.60. The van der Waals surface area contributed by atoms with Crippen molar-refractivity contribution in [2.24, 2.45) is 0 Å². The van der Waals surface area contributed by atoms with Crippen LogP contribution in [0, 0.1) is 0 Å². The van der Waals surface area contributed by atoms with Crippen LogP contribution in [0.4, 0.5) is 0 Å². The van der Waals surface area contributed by atoms with Crippen molar-refractivity contribution < 1.29 is 14.6 Å². The second kappa shape index (κ2) is 4.85. The van der Waals surface area contributed by atoms with Crippen LogP contribution in [0.2, 0.25) is 0 Å². The molecule has 3 heteroatoms. The van der Waals surface area contributed by atoms with Crippen molar-refractivity contribution in [2.45, 2.75) is 19.4 Å². The number of fused-ring (bicyclic) bond motifs is 1. The highest BCUT2D eigenvalue weighted by Gasteiger charge is 2.32. The summed E-state index contributed by atoms with van der Waals surface area (Å²) >= 11 is 0. The monoisotopic (exact) mass is 282 g/mol. The molecule has 0 atom stereocenters. The first-order chi connectivity index (χ1) is 10.0. The van der Waals surface area contributed by atoms with Gasteiger partial charge in [-0.3, -0.25) is 0 Å². The lowest BCUT2D eigenvalue weighted by Gasteiger charge is -2.34. The van der Waals surface area contributed by atoms with E-state index in [2.05, 4.69) is 6.08 Å². The van der Waals surface area contributed by atoms with Gasteiger partial charge in [-0.15, -0.1) is 0 Å². The van der Waals surface area contributed by atoms with Gasteiger partial charge in [0.15, 0.2) is 0 Å². The lowest BCUT2D eigenvalue weighted by atomic mass is 9.86. The molecular formula is C18H18O3. The minimum atomic E-state index is -0.505. The zero-order valence-corrected chi connectivity index (χ0v) is 12.4. The Kier molecular flexibility index (Phi) is 3.13. The molecule has 1 heterocycles. The molecule has 21 heavy (non-hydrogen) atoms. The Labute approximate surface area is 124 Å². The number of aromatic hydroxyl groups is 1. The van der Waals surface area contributed by atoms with E-state index in [1.807, 2.05) is 44.2 Å². The lowest BCUT2D eigenvalue weighted by molar-refractivity contribution is 0.168. The number of rotatable bonds is 2. The SMILES string of the molecule is COc1ccccc1C1=Cc2ccc(O)cc2OC1(C)C. The second-order valence-electron chi connectivity index (χ2n) is 5.59. The fourth-order valence-electron chi connectivity index (χ4n) is 2.66. The summed E-state index contributed by atoms with van der Waals surface area (Å²) in [5.41, 5.74) is 2.52. The number of ether oxygens (including phenoxy) is 2. The van der Waals surface area contributed by atoms with Crippen LogP contribution in [0.5, 0.6) is 17.2 Å². The fraction of sp³-hybridized carbons (Fsp3) is 0.222. The van der Waals surface area contributed by atoms with Gasteiger partial charge in [0, 0.05) is 22.8 Å². The summed E-state index contributed by atoms with van der Waals surface area (Å²) in [6.07, 6.45) is 2.09. The predicted molar refractivity (Wildman–Crippen MR) is 83.7 cm³/mol. The van der Waals surface area contributed by atoms with Crippen molar-refractivity contribution in [3.05, 3.63) is 53.6 Å². The van der Waals surface area contributed by atoms with E-state index >= 15 is 0 Å². The van der Waals surface area contributed by atoms with E-state index in [1.165, 1.54) is 0 Å². The Hall–Kier alpha value is -2.42. The molecule has 3 nitrogen and oxygen atoms in total. The highest BCUT2D eigenvalue weighted by Crippen LogP contribution is 2.43. The van der Waals surface area contributed by atoms with E-state index in [0.29, 0.717) is 5.75 Å². The molecule has 0 fully saturated rings. The van der Waals surface area contributed by atoms with Gasteiger partial charge in [0.1, 0.15) is 22.8 Å². The Bertz CT molecular complexity index is 714. The summed E-state index contributed by atoms with van der Waals surface area (Å²) in [5.74, 6) is 1.72. The van der Waals surface area contributed by atoms with Crippen LogP contribution >= 0.6 is 0 Å². The summed E-state index contributed by atoms with van der Waals surface area (Å²) in [6.45, 7) is 4.02. The van der Waals surface area contributed by atoms with Gasteiger partial charge in [0.2, 0.25) is 0 Å². The van der Waals surface area contributed by atoms with Gasteiger partial charge in [0.25, 0.3) is 0 Å². The van der Waals surface area contributed by atoms with Crippen LogP contribution in [-0.4, -0.2) is 17.8 Å². The maximum atomic E-state index is 9.60. The Morgan fingerprint density at radius 1 is 1.10 bits per heavy atom. The highest BCUT2D eigenvalue weighted by atomic mass is 16.5. The molecule has 0 amide bonds. The number of hydrogen-bond acceptors (Lipinski definition) is 3. The summed E-state index contributed by atoms with van der Waals surface area (Å²) < 4.78 is 11.5. The van der Waals surface area contributed by atoms with Crippen molar-refractivity contribution >= 4 is 11.6 Å². The Balaban J connectivity index is 2.18. The molecule has 0 unspecified atom stereocenters. The minimum Gasteiger partial charge on any atom is -0.508 e. The van der Waals surface area contributed by atoms with Gasteiger partial charge in [-0.05, 0) is 38.1 Å². The maximum Gasteiger partial charge on any atom is 0.131 e. The number of hydrogen-bond donors (Lipinski definition) is 1. The zero-order valence-electron chi connectivity index (χ0n) is 12.4. The summed E-state index contributed by atoms with van der Waals surface area (Å²) in [5, 5.41) is 9.60. The largest absolute Gasteiger partial charge is 0.508 e. The summed E-state index contributed by atoms with van der Waals surface area (Å²) in [6, 6.07) is 13.1. The molecule has 1 N–H and O–H groups in total. The third-order valence-corrected chi connectivity index (χ3v) is 3.71. The van der Waals surface area contributed by atoms with Gasteiger partial charge in [0.05, 0.1) is 7.11 Å². The van der Waals surface area contributed by atoms with Crippen LogP contribution in [0.25, 0.3) is 11.6 Å². The van der Waals surface area contributed by atoms with Crippen molar-refractivity contribution in [1.29, 1.82) is 0 Å². The van der Waals surface area contributed by atoms with E-state index in [9.17, 15) is 5.11 Å². The van der Waals surface area contributed by atoms with Crippen molar-refractivity contribution in [1.82, 2.24) is 0 Å². The second-order valence-corrected chi connectivity index (χ2v) is 5.59. The topological polar surface area (TPSA) is 38.7 Å². The molecule has 108 valence electrons. The van der Waals surface area contributed by atoms with Crippen LogP contribution in [-0.2, 0) is 0 Å².